The van der Waals surface area contributed by atoms with Gasteiger partial charge in [0.15, 0.2) is 0 Å². The fourth-order valence-electron chi connectivity index (χ4n) is 2.26. The number of nitro benzene ring substituents is 1. The van der Waals surface area contributed by atoms with Gasteiger partial charge in [0.05, 0.1) is 15.5 Å². The fraction of sp³-hybridized carbons (Fsp3) is 0.188. The molecule has 0 fully saturated rings. The van der Waals surface area contributed by atoms with E-state index < -0.39 is 4.92 Å². The highest BCUT2D eigenvalue weighted by molar-refractivity contribution is 9.10. The van der Waals surface area contributed by atoms with E-state index in [2.05, 4.69) is 21.2 Å². The van der Waals surface area contributed by atoms with Gasteiger partial charge in [-0.3, -0.25) is 14.9 Å². The highest BCUT2D eigenvalue weighted by atomic mass is 79.9. The smallest absolute Gasteiger partial charge is 0.270 e. The van der Waals surface area contributed by atoms with Crippen LogP contribution in [0.15, 0.2) is 34.8 Å². The van der Waals surface area contributed by atoms with Crippen LogP contribution in [0, 0.1) is 17.0 Å². The molecule has 0 saturated heterocycles. The first-order valence-electron chi connectivity index (χ1n) is 6.87. The Labute approximate surface area is 146 Å². The Hall–Kier alpha value is -1.92. The maximum atomic E-state index is 12.5. The number of benzene rings is 2. The van der Waals surface area contributed by atoms with Crippen LogP contribution in [-0.2, 0) is 6.42 Å². The monoisotopic (exact) mass is 396 g/mol. The average Bonchev–Trinajstić information content (AvgIpc) is 2.50. The van der Waals surface area contributed by atoms with Gasteiger partial charge in [0.1, 0.15) is 0 Å². The van der Waals surface area contributed by atoms with Crippen LogP contribution >= 0.6 is 27.5 Å². The van der Waals surface area contributed by atoms with Crippen molar-refractivity contribution in [1.29, 1.82) is 0 Å². The topological polar surface area (TPSA) is 72.2 Å². The van der Waals surface area contributed by atoms with E-state index in [1.165, 1.54) is 12.1 Å². The Morgan fingerprint density at radius 3 is 2.65 bits per heavy atom. The molecule has 7 heteroatoms. The summed E-state index contributed by atoms with van der Waals surface area (Å²) in [4.78, 5) is 23.0. The maximum Gasteiger partial charge on any atom is 0.270 e. The molecule has 23 heavy (non-hydrogen) atoms. The van der Waals surface area contributed by atoms with Crippen LogP contribution < -0.4 is 5.32 Å². The third-order valence-corrected chi connectivity index (χ3v) is 4.23. The Morgan fingerprint density at radius 1 is 1.35 bits per heavy atom. The lowest BCUT2D eigenvalue weighted by atomic mass is 10.0. The number of aryl methyl sites for hydroxylation is 2. The van der Waals surface area contributed by atoms with Crippen molar-refractivity contribution >= 4 is 44.8 Å². The lowest BCUT2D eigenvalue weighted by Crippen LogP contribution is -2.15. The predicted molar refractivity (Wildman–Crippen MR) is 94.3 cm³/mol. The molecule has 5 nitrogen and oxygen atoms in total. The van der Waals surface area contributed by atoms with Gasteiger partial charge in [-0.25, -0.2) is 0 Å². The minimum Gasteiger partial charge on any atom is -0.321 e. The summed E-state index contributed by atoms with van der Waals surface area (Å²) < 4.78 is 0.739. The number of amides is 1. The number of nitrogens with zero attached hydrogens (tertiary/aromatic N) is 1. The van der Waals surface area contributed by atoms with Crippen molar-refractivity contribution in [3.05, 3.63) is 66.6 Å². The van der Waals surface area contributed by atoms with Crippen LogP contribution in [0.25, 0.3) is 0 Å². The molecule has 0 heterocycles. The summed E-state index contributed by atoms with van der Waals surface area (Å²) in [5.74, 6) is -0.358. The predicted octanol–water partition coefficient (Wildman–Crippen LogP) is 5.13. The zero-order valence-electron chi connectivity index (χ0n) is 12.5. The summed E-state index contributed by atoms with van der Waals surface area (Å²) in [6.07, 6.45) is 0.560. The van der Waals surface area contributed by atoms with E-state index in [1.54, 1.807) is 25.1 Å². The molecule has 0 bridgehead atoms. The molecule has 120 valence electrons. The average molecular weight is 398 g/mol. The van der Waals surface area contributed by atoms with E-state index in [4.69, 9.17) is 11.6 Å². The number of hydrogen-bond acceptors (Lipinski definition) is 3. The summed E-state index contributed by atoms with van der Waals surface area (Å²) in [6.45, 7) is 3.60. The van der Waals surface area contributed by atoms with Crippen molar-refractivity contribution in [2.24, 2.45) is 0 Å². The number of anilines is 1. The third kappa shape index (κ3) is 3.89. The maximum absolute atomic E-state index is 12.5. The molecule has 0 unspecified atom stereocenters. The number of nitro groups is 1. The van der Waals surface area contributed by atoms with Crippen molar-refractivity contribution in [3.63, 3.8) is 0 Å². The quantitative estimate of drug-likeness (QED) is 0.574. The van der Waals surface area contributed by atoms with Gasteiger partial charge in [0.2, 0.25) is 0 Å². The van der Waals surface area contributed by atoms with Gasteiger partial charge in [0, 0.05) is 22.3 Å². The lowest BCUT2D eigenvalue weighted by Gasteiger charge is -2.14. The van der Waals surface area contributed by atoms with Crippen molar-refractivity contribution in [2.45, 2.75) is 20.3 Å². The summed E-state index contributed by atoms with van der Waals surface area (Å²) >= 11 is 9.37. The molecule has 0 aliphatic rings. The molecule has 0 spiro atoms. The van der Waals surface area contributed by atoms with Crippen LogP contribution in [0.1, 0.15) is 28.4 Å². The van der Waals surface area contributed by atoms with E-state index >= 15 is 0 Å². The standard InChI is InChI=1S/C16H14BrClN2O3/c1-3-10-7-12(20(22)23)6-9(2)15(10)19-16(21)13-8-11(17)4-5-14(13)18/h4-8H,3H2,1-2H3,(H,19,21). The highest BCUT2D eigenvalue weighted by Gasteiger charge is 2.17. The molecule has 1 amide bonds. The zero-order chi connectivity index (χ0) is 17.1. The SMILES string of the molecule is CCc1cc([N+](=O)[O-])cc(C)c1NC(=O)c1cc(Br)ccc1Cl. The molecule has 0 aromatic heterocycles. The van der Waals surface area contributed by atoms with Gasteiger partial charge < -0.3 is 5.32 Å². The first kappa shape index (κ1) is 17.4. The summed E-state index contributed by atoms with van der Waals surface area (Å²) in [5.41, 5.74) is 2.27. The molecule has 0 aliphatic carbocycles. The summed E-state index contributed by atoms with van der Waals surface area (Å²) in [6, 6.07) is 7.92. The molecule has 2 aromatic rings. The second-order valence-electron chi connectivity index (χ2n) is 4.99. The highest BCUT2D eigenvalue weighted by Crippen LogP contribution is 2.29. The number of non-ortho nitro benzene ring substituents is 1. The number of rotatable bonds is 4. The van der Waals surface area contributed by atoms with E-state index in [0.29, 0.717) is 33.8 Å². The second-order valence-corrected chi connectivity index (χ2v) is 6.31. The van der Waals surface area contributed by atoms with Crippen molar-refractivity contribution < 1.29 is 9.72 Å². The summed E-state index contributed by atoms with van der Waals surface area (Å²) in [7, 11) is 0. The number of nitrogens with one attached hydrogen (secondary N) is 1. The molecule has 0 saturated carbocycles. The molecule has 2 aromatic carbocycles. The van der Waals surface area contributed by atoms with Crippen LogP contribution in [0.3, 0.4) is 0 Å². The van der Waals surface area contributed by atoms with Crippen LogP contribution in [-0.4, -0.2) is 10.8 Å². The molecular weight excluding hydrogens is 384 g/mol. The number of halogens is 2. The van der Waals surface area contributed by atoms with Crippen molar-refractivity contribution in [2.75, 3.05) is 5.32 Å². The normalized spacial score (nSPS) is 10.4. The Kier molecular flexibility index (Phi) is 5.38. The van der Waals surface area contributed by atoms with Gasteiger partial charge in [-0.2, -0.15) is 0 Å². The van der Waals surface area contributed by atoms with Crippen LogP contribution in [0.2, 0.25) is 5.02 Å². The first-order chi connectivity index (χ1) is 10.8. The Bertz CT molecular complexity index is 793. The van der Waals surface area contributed by atoms with Gasteiger partial charge in [-0.1, -0.05) is 34.5 Å². The van der Waals surface area contributed by atoms with Crippen molar-refractivity contribution in [3.8, 4) is 0 Å². The minimum absolute atomic E-state index is 0.0119. The van der Waals surface area contributed by atoms with Gasteiger partial charge in [-0.15, -0.1) is 0 Å². The van der Waals surface area contributed by atoms with E-state index in [0.717, 1.165) is 4.47 Å². The minimum atomic E-state index is -0.442. The lowest BCUT2D eigenvalue weighted by molar-refractivity contribution is -0.384. The largest absolute Gasteiger partial charge is 0.321 e. The molecular formula is C16H14BrClN2O3. The van der Waals surface area contributed by atoms with Gasteiger partial charge in [0.25, 0.3) is 11.6 Å². The van der Waals surface area contributed by atoms with E-state index in [9.17, 15) is 14.9 Å². The first-order valence-corrected chi connectivity index (χ1v) is 8.05. The van der Waals surface area contributed by atoms with E-state index in [-0.39, 0.29) is 11.6 Å². The Balaban J connectivity index is 2.41. The van der Waals surface area contributed by atoms with Crippen LogP contribution in [0.5, 0.6) is 0 Å². The number of hydrogen-bond donors (Lipinski definition) is 1. The summed E-state index contributed by atoms with van der Waals surface area (Å²) in [5, 5.41) is 14.1. The molecule has 2 rings (SSSR count). The zero-order valence-corrected chi connectivity index (χ0v) is 14.9. The fourth-order valence-corrected chi connectivity index (χ4v) is 2.82. The second kappa shape index (κ2) is 7.10. The Morgan fingerprint density at radius 2 is 2.04 bits per heavy atom. The molecule has 1 N–H and O–H groups in total. The molecule has 0 radical (unpaired) electrons. The third-order valence-electron chi connectivity index (χ3n) is 3.41. The van der Waals surface area contributed by atoms with Gasteiger partial charge >= 0.3 is 0 Å². The van der Waals surface area contributed by atoms with Crippen molar-refractivity contribution in [1.82, 2.24) is 0 Å². The van der Waals surface area contributed by atoms with E-state index in [1.807, 2.05) is 6.92 Å². The molecule has 0 aliphatic heterocycles. The number of carbonyl (C=O) groups excluding carboxylic acids is 1. The molecule has 0 atom stereocenters. The van der Waals surface area contributed by atoms with Crippen LogP contribution in [0.4, 0.5) is 11.4 Å². The number of carbonyl (C=O) groups is 1. The van der Waals surface area contributed by atoms with Gasteiger partial charge in [-0.05, 0) is 42.7 Å².